The SMILES string of the molecule is C#CCCC1(C(=O)OC)CCCCC1=O. The number of carbonyl (C=O) groups is 2. The van der Waals surface area contributed by atoms with Crippen LogP contribution in [-0.4, -0.2) is 18.9 Å². The first kappa shape index (κ1) is 11.8. The standard InChI is InChI=1S/C12H16O3/c1-3-4-8-12(11(14)15-2)9-6-5-7-10(12)13/h1H,4-9H2,2H3. The van der Waals surface area contributed by atoms with Gasteiger partial charge in [-0.05, 0) is 19.3 Å². The van der Waals surface area contributed by atoms with Gasteiger partial charge in [0.1, 0.15) is 11.2 Å². The predicted octanol–water partition coefficient (Wildman–Crippen LogP) is 1.70. The number of ketones is 1. The smallest absolute Gasteiger partial charge is 0.319 e. The molecule has 0 spiro atoms. The van der Waals surface area contributed by atoms with Crippen LogP contribution in [0.15, 0.2) is 0 Å². The van der Waals surface area contributed by atoms with E-state index in [9.17, 15) is 9.59 Å². The van der Waals surface area contributed by atoms with Crippen molar-refractivity contribution in [3.63, 3.8) is 0 Å². The summed E-state index contributed by atoms with van der Waals surface area (Å²) in [4.78, 5) is 23.5. The number of terminal acetylenes is 1. The highest BCUT2D eigenvalue weighted by Gasteiger charge is 2.46. The molecule has 1 aliphatic rings. The Morgan fingerprint density at radius 2 is 2.33 bits per heavy atom. The maximum atomic E-state index is 11.9. The quantitative estimate of drug-likeness (QED) is 0.403. The van der Waals surface area contributed by atoms with Gasteiger partial charge in [0.15, 0.2) is 0 Å². The molecule has 0 aromatic carbocycles. The molecule has 1 rings (SSSR count). The second-order valence-corrected chi connectivity index (χ2v) is 3.91. The van der Waals surface area contributed by atoms with Crippen LogP contribution < -0.4 is 0 Å². The minimum absolute atomic E-state index is 0.00384. The maximum absolute atomic E-state index is 11.9. The number of carbonyl (C=O) groups excluding carboxylic acids is 2. The van der Waals surface area contributed by atoms with Crippen LogP contribution in [-0.2, 0) is 14.3 Å². The van der Waals surface area contributed by atoms with Crippen molar-refractivity contribution in [1.29, 1.82) is 0 Å². The fraction of sp³-hybridized carbons (Fsp3) is 0.667. The Bertz CT molecular complexity index is 290. The van der Waals surface area contributed by atoms with Gasteiger partial charge in [-0.2, -0.15) is 0 Å². The number of esters is 1. The van der Waals surface area contributed by atoms with Gasteiger partial charge in [-0.3, -0.25) is 9.59 Å². The Balaban J connectivity index is 2.88. The zero-order chi connectivity index (χ0) is 11.3. The molecule has 0 radical (unpaired) electrons. The van der Waals surface area contributed by atoms with Crippen LogP contribution in [0, 0.1) is 17.8 Å². The highest BCUT2D eigenvalue weighted by Crippen LogP contribution is 2.38. The summed E-state index contributed by atoms with van der Waals surface area (Å²) in [6.07, 6.45) is 8.87. The predicted molar refractivity (Wildman–Crippen MR) is 56.0 cm³/mol. The molecule has 0 amide bonds. The third-order valence-corrected chi connectivity index (χ3v) is 3.06. The van der Waals surface area contributed by atoms with E-state index < -0.39 is 11.4 Å². The van der Waals surface area contributed by atoms with E-state index in [0.29, 0.717) is 25.7 Å². The average molecular weight is 208 g/mol. The summed E-state index contributed by atoms with van der Waals surface area (Å²) in [6.45, 7) is 0. The van der Waals surface area contributed by atoms with E-state index in [4.69, 9.17) is 11.2 Å². The van der Waals surface area contributed by atoms with Gasteiger partial charge in [0.05, 0.1) is 7.11 Å². The van der Waals surface area contributed by atoms with Gasteiger partial charge in [-0.15, -0.1) is 12.3 Å². The molecule has 0 aliphatic heterocycles. The van der Waals surface area contributed by atoms with Crippen LogP contribution in [0.25, 0.3) is 0 Å². The Labute approximate surface area is 90.2 Å². The zero-order valence-corrected chi connectivity index (χ0v) is 9.04. The molecule has 82 valence electrons. The summed E-state index contributed by atoms with van der Waals surface area (Å²) in [7, 11) is 1.32. The summed E-state index contributed by atoms with van der Waals surface area (Å²) in [6, 6.07) is 0. The Hall–Kier alpha value is -1.30. The lowest BCUT2D eigenvalue weighted by Gasteiger charge is -2.32. The number of hydrogen-bond donors (Lipinski definition) is 0. The van der Waals surface area contributed by atoms with Crippen LogP contribution in [0.5, 0.6) is 0 Å². The van der Waals surface area contributed by atoms with E-state index in [1.807, 2.05) is 0 Å². The molecular weight excluding hydrogens is 192 g/mol. The fourth-order valence-electron chi connectivity index (χ4n) is 2.15. The van der Waals surface area contributed by atoms with Crippen LogP contribution in [0.1, 0.15) is 38.5 Å². The van der Waals surface area contributed by atoms with Crippen molar-refractivity contribution < 1.29 is 14.3 Å². The van der Waals surface area contributed by atoms with Gasteiger partial charge in [0, 0.05) is 12.8 Å². The molecule has 1 atom stereocenters. The summed E-state index contributed by atoms with van der Waals surface area (Å²) in [5.41, 5.74) is -0.945. The Morgan fingerprint density at radius 3 is 2.87 bits per heavy atom. The van der Waals surface area contributed by atoms with Gasteiger partial charge < -0.3 is 4.74 Å². The normalized spacial score (nSPS) is 25.7. The Morgan fingerprint density at radius 1 is 1.60 bits per heavy atom. The molecule has 0 N–H and O–H groups in total. The lowest BCUT2D eigenvalue weighted by molar-refractivity contribution is -0.160. The second-order valence-electron chi connectivity index (χ2n) is 3.91. The maximum Gasteiger partial charge on any atom is 0.319 e. The summed E-state index contributed by atoms with van der Waals surface area (Å²) in [5.74, 6) is 2.06. The highest BCUT2D eigenvalue weighted by molar-refractivity contribution is 6.04. The third-order valence-electron chi connectivity index (χ3n) is 3.06. The topological polar surface area (TPSA) is 43.4 Å². The zero-order valence-electron chi connectivity index (χ0n) is 9.04. The Kier molecular flexibility index (Phi) is 3.90. The molecule has 0 heterocycles. The van der Waals surface area contributed by atoms with Gasteiger partial charge in [-0.25, -0.2) is 0 Å². The minimum Gasteiger partial charge on any atom is -0.468 e. The molecular formula is C12H16O3. The van der Waals surface area contributed by atoms with Crippen LogP contribution >= 0.6 is 0 Å². The molecule has 1 aliphatic carbocycles. The van der Waals surface area contributed by atoms with Crippen molar-refractivity contribution in [1.82, 2.24) is 0 Å². The van der Waals surface area contributed by atoms with Crippen molar-refractivity contribution in [2.24, 2.45) is 5.41 Å². The van der Waals surface area contributed by atoms with E-state index in [-0.39, 0.29) is 5.78 Å². The lowest BCUT2D eigenvalue weighted by atomic mass is 9.70. The first-order valence-corrected chi connectivity index (χ1v) is 5.22. The molecule has 1 unspecified atom stereocenters. The monoisotopic (exact) mass is 208 g/mol. The molecule has 3 nitrogen and oxygen atoms in total. The summed E-state index contributed by atoms with van der Waals surface area (Å²) in [5, 5.41) is 0. The van der Waals surface area contributed by atoms with Gasteiger partial charge >= 0.3 is 5.97 Å². The van der Waals surface area contributed by atoms with E-state index >= 15 is 0 Å². The van der Waals surface area contributed by atoms with Crippen LogP contribution in [0.4, 0.5) is 0 Å². The molecule has 0 aromatic heterocycles. The minimum atomic E-state index is -0.945. The van der Waals surface area contributed by atoms with Crippen LogP contribution in [0.2, 0.25) is 0 Å². The van der Waals surface area contributed by atoms with E-state index in [0.717, 1.165) is 12.8 Å². The molecule has 3 heteroatoms. The van der Waals surface area contributed by atoms with E-state index in [1.165, 1.54) is 7.11 Å². The average Bonchev–Trinajstić information content (AvgIpc) is 2.27. The van der Waals surface area contributed by atoms with Gasteiger partial charge in [-0.1, -0.05) is 6.42 Å². The third kappa shape index (κ3) is 2.20. The van der Waals surface area contributed by atoms with Gasteiger partial charge in [0.25, 0.3) is 0 Å². The largest absolute Gasteiger partial charge is 0.468 e. The fourth-order valence-corrected chi connectivity index (χ4v) is 2.15. The summed E-state index contributed by atoms with van der Waals surface area (Å²) < 4.78 is 4.73. The number of methoxy groups -OCH3 is 1. The lowest BCUT2D eigenvalue weighted by Crippen LogP contribution is -2.42. The van der Waals surface area contributed by atoms with Crippen molar-refractivity contribution in [3.05, 3.63) is 0 Å². The van der Waals surface area contributed by atoms with Crippen molar-refractivity contribution in [3.8, 4) is 12.3 Å². The van der Waals surface area contributed by atoms with E-state index in [2.05, 4.69) is 5.92 Å². The number of rotatable bonds is 3. The first-order valence-electron chi connectivity index (χ1n) is 5.22. The second kappa shape index (κ2) is 4.97. The molecule has 1 saturated carbocycles. The van der Waals surface area contributed by atoms with Crippen LogP contribution in [0.3, 0.4) is 0 Å². The van der Waals surface area contributed by atoms with E-state index in [1.54, 1.807) is 0 Å². The molecule has 0 saturated heterocycles. The summed E-state index contributed by atoms with van der Waals surface area (Å²) >= 11 is 0. The number of ether oxygens (including phenoxy) is 1. The highest BCUT2D eigenvalue weighted by atomic mass is 16.5. The number of hydrogen-bond acceptors (Lipinski definition) is 3. The molecule has 15 heavy (non-hydrogen) atoms. The van der Waals surface area contributed by atoms with Crippen molar-refractivity contribution >= 4 is 11.8 Å². The molecule has 0 bridgehead atoms. The van der Waals surface area contributed by atoms with Gasteiger partial charge in [0.2, 0.25) is 0 Å². The molecule has 1 fully saturated rings. The first-order chi connectivity index (χ1) is 7.17. The van der Waals surface area contributed by atoms with Crippen molar-refractivity contribution in [2.75, 3.05) is 7.11 Å². The van der Waals surface area contributed by atoms with Crippen molar-refractivity contribution in [2.45, 2.75) is 38.5 Å². The molecule has 0 aromatic rings. The number of Topliss-reactive ketones (excluding diaryl/α,β-unsaturated/α-hetero) is 1.